The van der Waals surface area contributed by atoms with Crippen molar-refractivity contribution in [2.45, 2.75) is 38.9 Å². The van der Waals surface area contributed by atoms with E-state index < -0.39 is 0 Å². The maximum absolute atomic E-state index is 6.29. The van der Waals surface area contributed by atoms with Crippen LogP contribution >= 0.6 is 0 Å². The number of pyridine rings is 1. The average Bonchev–Trinajstić information content (AvgIpc) is 3.19. The Bertz CT molecular complexity index is 1180. The first kappa shape index (κ1) is 17.5. The molecule has 3 heterocycles. The Balaban J connectivity index is 1.59. The fraction of sp³-hybridized carbons (Fsp3) is 0.250. The van der Waals surface area contributed by atoms with E-state index >= 15 is 0 Å². The van der Waals surface area contributed by atoms with E-state index in [9.17, 15) is 0 Å². The molecule has 2 aromatic carbocycles. The van der Waals surface area contributed by atoms with Gasteiger partial charge in [0, 0.05) is 17.3 Å². The fourth-order valence-corrected chi connectivity index (χ4v) is 3.84. The molecular weight excluding hydrogens is 345 g/mol. The van der Waals surface area contributed by atoms with Gasteiger partial charge in [0.25, 0.3) is 0 Å². The van der Waals surface area contributed by atoms with Gasteiger partial charge in [0.15, 0.2) is 0 Å². The van der Waals surface area contributed by atoms with E-state index in [4.69, 9.17) is 9.31 Å². The van der Waals surface area contributed by atoms with Crippen LogP contribution in [0.2, 0.25) is 0 Å². The molecule has 1 aliphatic heterocycles. The minimum Gasteiger partial charge on any atom is -0.398 e. The van der Waals surface area contributed by atoms with E-state index in [1.807, 2.05) is 0 Å². The normalized spacial score (nSPS) is 18.2. The molecule has 2 aromatic heterocycles. The van der Waals surface area contributed by atoms with Gasteiger partial charge in [-0.25, -0.2) is 0 Å². The summed E-state index contributed by atoms with van der Waals surface area (Å²) in [6.45, 7) is 8.35. The Morgan fingerprint density at radius 3 is 2.18 bits per heavy atom. The zero-order valence-corrected chi connectivity index (χ0v) is 16.8. The Kier molecular flexibility index (Phi) is 3.74. The summed E-state index contributed by atoms with van der Waals surface area (Å²) in [6.07, 6.45) is 2.18. The number of benzene rings is 2. The molecule has 0 unspecified atom stereocenters. The summed E-state index contributed by atoms with van der Waals surface area (Å²) in [5, 5.41) is 2.51. The van der Waals surface area contributed by atoms with Crippen molar-refractivity contribution in [2.75, 3.05) is 0 Å². The summed E-state index contributed by atoms with van der Waals surface area (Å²) in [4.78, 5) is 0. The highest BCUT2D eigenvalue weighted by atomic mass is 16.7. The van der Waals surface area contributed by atoms with Gasteiger partial charge in [-0.2, -0.15) is 0 Å². The van der Waals surface area contributed by atoms with Gasteiger partial charge in [-0.05, 0) is 68.3 Å². The molecule has 1 fully saturated rings. The standard InChI is InChI=1S/C24H24BNO2/c1-23(2)24(3,4)28-25(27-23)22-11-7-10-21-15-20(16-26(21)22)19-13-12-17-8-5-6-9-18(17)14-19/h5-16H,1-4H3. The van der Waals surface area contributed by atoms with Crippen LogP contribution in [0, 0.1) is 0 Å². The van der Waals surface area contributed by atoms with E-state index in [0.29, 0.717) is 0 Å². The number of nitrogens with zero attached hydrogens (tertiary/aromatic N) is 1. The van der Waals surface area contributed by atoms with Gasteiger partial charge in [0.05, 0.1) is 16.8 Å². The van der Waals surface area contributed by atoms with E-state index in [2.05, 4.69) is 105 Å². The third kappa shape index (κ3) is 2.68. The van der Waals surface area contributed by atoms with Gasteiger partial charge in [0.2, 0.25) is 0 Å². The predicted octanol–water partition coefficient (Wildman–Crippen LogP) is 5.06. The first-order valence-corrected chi connectivity index (χ1v) is 9.80. The van der Waals surface area contributed by atoms with Crippen LogP contribution in [-0.2, 0) is 9.31 Å². The number of rotatable bonds is 2. The van der Waals surface area contributed by atoms with E-state index in [1.54, 1.807) is 0 Å². The predicted molar refractivity (Wildman–Crippen MR) is 116 cm³/mol. The molecule has 1 saturated heterocycles. The third-order valence-corrected chi connectivity index (χ3v) is 6.24. The Morgan fingerprint density at radius 2 is 1.43 bits per heavy atom. The van der Waals surface area contributed by atoms with E-state index in [1.165, 1.54) is 21.9 Å². The molecule has 4 heteroatoms. The molecule has 3 nitrogen and oxygen atoms in total. The molecule has 140 valence electrons. The molecule has 1 aliphatic rings. The maximum Gasteiger partial charge on any atom is 0.512 e. The average molecular weight is 369 g/mol. The minimum atomic E-state index is -0.384. The summed E-state index contributed by atoms with van der Waals surface area (Å²) in [7, 11) is -0.384. The first-order chi connectivity index (χ1) is 13.3. The second kappa shape index (κ2) is 5.97. The van der Waals surface area contributed by atoms with Crippen molar-refractivity contribution in [2.24, 2.45) is 0 Å². The minimum absolute atomic E-state index is 0.353. The first-order valence-electron chi connectivity index (χ1n) is 9.80. The van der Waals surface area contributed by atoms with E-state index in [-0.39, 0.29) is 18.3 Å². The molecule has 0 N–H and O–H groups in total. The molecule has 0 bridgehead atoms. The lowest BCUT2D eigenvalue weighted by Gasteiger charge is -2.32. The molecule has 5 rings (SSSR count). The van der Waals surface area contributed by atoms with Crippen LogP contribution in [0.5, 0.6) is 0 Å². The van der Waals surface area contributed by atoms with Crippen molar-refractivity contribution >= 4 is 29.0 Å². The second-order valence-corrected chi connectivity index (χ2v) is 8.62. The molecule has 4 aromatic rings. The molecule has 0 spiro atoms. The number of aromatic nitrogens is 1. The lowest BCUT2D eigenvalue weighted by atomic mass is 9.84. The topological polar surface area (TPSA) is 22.9 Å². The lowest BCUT2D eigenvalue weighted by Crippen LogP contribution is -2.41. The number of hydrogen-bond acceptors (Lipinski definition) is 2. The maximum atomic E-state index is 6.29. The monoisotopic (exact) mass is 369 g/mol. The van der Waals surface area contributed by atoms with Crippen molar-refractivity contribution in [3.63, 3.8) is 0 Å². The molecular formula is C24H24BNO2. The third-order valence-electron chi connectivity index (χ3n) is 6.24. The van der Waals surface area contributed by atoms with Crippen LogP contribution in [0.1, 0.15) is 27.7 Å². The van der Waals surface area contributed by atoms with Gasteiger partial charge < -0.3 is 13.7 Å². The van der Waals surface area contributed by atoms with Crippen molar-refractivity contribution in [3.8, 4) is 11.1 Å². The van der Waals surface area contributed by atoms with Crippen molar-refractivity contribution < 1.29 is 9.31 Å². The molecule has 0 saturated carbocycles. The smallest absolute Gasteiger partial charge is 0.398 e. The summed E-state index contributed by atoms with van der Waals surface area (Å²) in [5.74, 6) is 0. The lowest BCUT2D eigenvalue weighted by molar-refractivity contribution is 0.00578. The zero-order valence-electron chi connectivity index (χ0n) is 16.8. The SMILES string of the molecule is CC1(C)OB(c2cccc3cc(-c4ccc5ccccc5c4)cn23)OC1(C)C. The molecule has 0 amide bonds. The Labute approximate surface area is 166 Å². The van der Waals surface area contributed by atoms with Gasteiger partial charge in [-0.3, -0.25) is 0 Å². The second-order valence-electron chi connectivity index (χ2n) is 8.62. The van der Waals surface area contributed by atoms with Crippen LogP contribution in [0.25, 0.3) is 27.4 Å². The summed E-state index contributed by atoms with van der Waals surface area (Å²) >= 11 is 0. The summed E-state index contributed by atoms with van der Waals surface area (Å²) in [6, 6.07) is 23.6. The van der Waals surface area contributed by atoms with Gasteiger partial charge in [0.1, 0.15) is 0 Å². The van der Waals surface area contributed by atoms with Gasteiger partial charge in [-0.15, -0.1) is 0 Å². The number of hydrogen-bond donors (Lipinski definition) is 0. The van der Waals surface area contributed by atoms with Crippen molar-refractivity contribution in [1.29, 1.82) is 0 Å². The van der Waals surface area contributed by atoms with Crippen LogP contribution < -0.4 is 5.59 Å². The van der Waals surface area contributed by atoms with Crippen LogP contribution in [0.3, 0.4) is 0 Å². The Morgan fingerprint density at radius 1 is 0.714 bits per heavy atom. The fourth-order valence-electron chi connectivity index (χ4n) is 3.84. The molecule has 0 atom stereocenters. The highest BCUT2D eigenvalue weighted by Gasteiger charge is 2.52. The van der Waals surface area contributed by atoms with Crippen LogP contribution in [-0.4, -0.2) is 22.7 Å². The van der Waals surface area contributed by atoms with Gasteiger partial charge in [-0.1, -0.05) is 42.5 Å². The van der Waals surface area contributed by atoms with Crippen molar-refractivity contribution in [3.05, 3.63) is 72.9 Å². The molecule has 28 heavy (non-hydrogen) atoms. The zero-order chi connectivity index (χ0) is 19.5. The largest absolute Gasteiger partial charge is 0.512 e. The highest BCUT2D eigenvalue weighted by Crippen LogP contribution is 2.36. The van der Waals surface area contributed by atoms with Crippen LogP contribution in [0.4, 0.5) is 0 Å². The molecule has 0 aliphatic carbocycles. The molecule has 0 radical (unpaired) electrons. The number of fused-ring (bicyclic) bond motifs is 2. The van der Waals surface area contributed by atoms with Crippen molar-refractivity contribution in [1.82, 2.24) is 4.40 Å². The summed E-state index contributed by atoms with van der Waals surface area (Å²) < 4.78 is 14.8. The van der Waals surface area contributed by atoms with Gasteiger partial charge >= 0.3 is 7.12 Å². The van der Waals surface area contributed by atoms with Crippen LogP contribution in [0.15, 0.2) is 72.9 Å². The summed E-state index contributed by atoms with van der Waals surface area (Å²) in [5.41, 5.74) is 3.85. The van der Waals surface area contributed by atoms with E-state index in [0.717, 1.165) is 11.1 Å². The highest BCUT2D eigenvalue weighted by molar-refractivity contribution is 6.61. The quantitative estimate of drug-likeness (QED) is 0.461. The Hall–Kier alpha value is -2.56.